The van der Waals surface area contributed by atoms with Crippen LogP contribution in [0.3, 0.4) is 0 Å². The van der Waals surface area contributed by atoms with Crippen LogP contribution in [0.4, 0.5) is 5.69 Å². The van der Waals surface area contributed by atoms with Gasteiger partial charge < -0.3 is 14.6 Å². The predicted molar refractivity (Wildman–Crippen MR) is 94.8 cm³/mol. The highest BCUT2D eigenvalue weighted by atomic mass is 32.1. The molecule has 2 aromatic carbocycles. The van der Waals surface area contributed by atoms with E-state index >= 15 is 0 Å². The quantitative estimate of drug-likeness (QED) is 0.784. The van der Waals surface area contributed by atoms with Gasteiger partial charge in [0.2, 0.25) is 0 Å². The average molecular weight is 330 g/mol. The van der Waals surface area contributed by atoms with Crippen LogP contribution in [0.5, 0.6) is 0 Å². The van der Waals surface area contributed by atoms with Gasteiger partial charge >= 0.3 is 10.8 Å². The summed E-state index contributed by atoms with van der Waals surface area (Å²) in [6.07, 6.45) is 0. The first kappa shape index (κ1) is 16.8. The Hall–Kier alpha value is -2.60. The SMILES string of the molecule is CN(C)c1cccc(C(=O)O)c1.Cn1c(=O)sc2ccccc21. The largest absolute Gasteiger partial charge is 0.478 e. The molecule has 0 saturated heterocycles. The van der Waals surface area contributed by atoms with E-state index in [0.717, 1.165) is 15.9 Å². The van der Waals surface area contributed by atoms with Gasteiger partial charge in [0.05, 0.1) is 15.8 Å². The highest BCUT2D eigenvalue weighted by Crippen LogP contribution is 2.14. The second kappa shape index (κ2) is 7.11. The van der Waals surface area contributed by atoms with E-state index in [1.165, 1.54) is 11.3 Å². The van der Waals surface area contributed by atoms with Crippen molar-refractivity contribution in [2.45, 2.75) is 0 Å². The summed E-state index contributed by atoms with van der Waals surface area (Å²) in [7, 11) is 5.54. The Kier molecular flexibility index (Phi) is 5.18. The second-order valence-electron chi connectivity index (χ2n) is 5.14. The number of anilines is 1. The summed E-state index contributed by atoms with van der Waals surface area (Å²) in [4.78, 5) is 23.6. The molecule has 0 aliphatic rings. The van der Waals surface area contributed by atoms with Gasteiger partial charge in [-0.1, -0.05) is 29.5 Å². The summed E-state index contributed by atoms with van der Waals surface area (Å²) in [5, 5.41) is 8.67. The van der Waals surface area contributed by atoms with E-state index in [0.29, 0.717) is 5.56 Å². The summed E-state index contributed by atoms with van der Waals surface area (Å²) in [5.41, 5.74) is 2.23. The number of nitrogens with zero attached hydrogens (tertiary/aromatic N) is 2. The summed E-state index contributed by atoms with van der Waals surface area (Å²) in [5.74, 6) is -0.890. The molecule has 0 saturated carbocycles. The lowest BCUT2D eigenvalue weighted by Crippen LogP contribution is -2.09. The Morgan fingerprint density at radius 2 is 1.83 bits per heavy atom. The second-order valence-corrected chi connectivity index (χ2v) is 6.14. The fourth-order valence-electron chi connectivity index (χ4n) is 2.00. The molecular formula is C17H18N2O3S. The number of aromatic nitrogens is 1. The smallest absolute Gasteiger partial charge is 0.335 e. The lowest BCUT2D eigenvalue weighted by molar-refractivity contribution is 0.0697. The van der Waals surface area contributed by atoms with Gasteiger partial charge in [0.15, 0.2) is 0 Å². The van der Waals surface area contributed by atoms with E-state index in [9.17, 15) is 9.59 Å². The van der Waals surface area contributed by atoms with Crippen LogP contribution in [-0.2, 0) is 7.05 Å². The highest BCUT2D eigenvalue weighted by molar-refractivity contribution is 7.16. The van der Waals surface area contributed by atoms with Gasteiger partial charge in [-0.2, -0.15) is 0 Å². The van der Waals surface area contributed by atoms with Gasteiger partial charge in [-0.25, -0.2) is 4.79 Å². The van der Waals surface area contributed by atoms with Crippen molar-refractivity contribution in [3.05, 3.63) is 63.8 Å². The average Bonchev–Trinajstić information content (AvgIpc) is 2.83. The summed E-state index contributed by atoms with van der Waals surface area (Å²) in [6.45, 7) is 0. The number of carbonyl (C=O) groups is 1. The maximum absolute atomic E-state index is 11.1. The number of para-hydroxylation sites is 1. The summed E-state index contributed by atoms with van der Waals surface area (Å²) < 4.78 is 2.72. The molecule has 0 spiro atoms. The maximum Gasteiger partial charge on any atom is 0.335 e. The molecule has 0 aliphatic carbocycles. The van der Waals surface area contributed by atoms with Crippen molar-refractivity contribution in [2.75, 3.05) is 19.0 Å². The van der Waals surface area contributed by atoms with Crippen molar-refractivity contribution in [1.82, 2.24) is 4.57 Å². The monoisotopic (exact) mass is 330 g/mol. The lowest BCUT2D eigenvalue weighted by atomic mass is 10.2. The van der Waals surface area contributed by atoms with Crippen LogP contribution in [0.1, 0.15) is 10.4 Å². The van der Waals surface area contributed by atoms with Gasteiger partial charge in [0.25, 0.3) is 0 Å². The van der Waals surface area contributed by atoms with Gasteiger partial charge in [0.1, 0.15) is 0 Å². The molecule has 23 heavy (non-hydrogen) atoms. The zero-order valence-corrected chi connectivity index (χ0v) is 14.0. The van der Waals surface area contributed by atoms with Crippen LogP contribution < -0.4 is 9.77 Å². The molecule has 0 atom stereocenters. The molecule has 0 fully saturated rings. The van der Waals surface area contributed by atoms with Crippen LogP contribution in [0, 0.1) is 0 Å². The number of thiazole rings is 1. The van der Waals surface area contributed by atoms with Crippen molar-refractivity contribution >= 4 is 33.2 Å². The van der Waals surface area contributed by atoms with E-state index < -0.39 is 5.97 Å². The molecule has 1 N–H and O–H groups in total. The zero-order chi connectivity index (χ0) is 17.0. The number of aromatic carboxylic acids is 1. The van der Waals surface area contributed by atoms with Crippen molar-refractivity contribution < 1.29 is 9.90 Å². The molecule has 1 heterocycles. The number of carboxylic acid groups (broad SMARTS) is 1. The van der Waals surface area contributed by atoms with E-state index in [2.05, 4.69) is 0 Å². The Labute approximate surface area is 138 Å². The Morgan fingerprint density at radius 1 is 1.13 bits per heavy atom. The minimum atomic E-state index is -0.890. The van der Waals surface area contributed by atoms with Gasteiger partial charge in [-0.15, -0.1) is 0 Å². The van der Waals surface area contributed by atoms with E-state index in [1.807, 2.05) is 49.3 Å². The lowest BCUT2D eigenvalue weighted by Gasteiger charge is -2.12. The molecule has 1 aromatic heterocycles. The molecule has 5 nitrogen and oxygen atoms in total. The Morgan fingerprint density at radius 3 is 2.43 bits per heavy atom. The summed E-state index contributed by atoms with van der Waals surface area (Å²) in [6, 6.07) is 14.6. The third kappa shape index (κ3) is 3.98. The summed E-state index contributed by atoms with van der Waals surface area (Å²) >= 11 is 1.29. The number of hydrogen-bond donors (Lipinski definition) is 1. The molecule has 3 rings (SSSR count). The third-order valence-electron chi connectivity index (χ3n) is 3.31. The molecule has 0 bridgehead atoms. The fourth-order valence-corrected chi connectivity index (χ4v) is 2.88. The number of aryl methyl sites for hydroxylation is 1. The molecular weight excluding hydrogens is 312 g/mol. The molecule has 0 aliphatic heterocycles. The normalized spacial score (nSPS) is 10.0. The number of carboxylic acids is 1. The van der Waals surface area contributed by atoms with Crippen LogP contribution in [0.2, 0.25) is 0 Å². The fraction of sp³-hybridized carbons (Fsp3) is 0.176. The molecule has 0 unspecified atom stereocenters. The zero-order valence-electron chi connectivity index (χ0n) is 13.2. The first-order valence-corrected chi connectivity index (χ1v) is 7.77. The number of fused-ring (bicyclic) bond motifs is 1. The molecule has 3 aromatic rings. The predicted octanol–water partition coefficient (Wildman–Crippen LogP) is 3.05. The molecule has 0 radical (unpaired) electrons. The minimum absolute atomic E-state index is 0.103. The number of hydrogen-bond acceptors (Lipinski definition) is 4. The first-order chi connectivity index (χ1) is 10.9. The van der Waals surface area contributed by atoms with Crippen molar-refractivity contribution in [2.24, 2.45) is 7.05 Å². The first-order valence-electron chi connectivity index (χ1n) is 6.95. The molecule has 0 amide bonds. The topological polar surface area (TPSA) is 62.5 Å². The van der Waals surface area contributed by atoms with Crippen molar-refractivity contribution in [3.63, 3.8) is 0 Å². The minimum Gasteiger partial charge on any atom is -0.478 e. The van der Waals surface area contributed by atoms with Crippen LogP contribution in [0.25, 0.3) is 10.2 Å². The third-order valence-corrected chi connectivity index (χ3v) is 4.32. The van der Waals surface area contributed by atoms with Gasteiger partial charge in [-0.05, 0) is 30.3 Å². The molecule has 6 heteroatoms. The van der Waals surface area contributed by atoms with Gasteiger partial charge in [-0.3, -0.25) is 4.79 Å². The van der Waals surface area contributed by atoms with Crippen LogP contribution in [-0.4, -0.2) is 29.7 Å². The molecule has 120 valence electrons. The van der Waals surface area contributed by atoms with E-state index in [-0.39, 0.29) is 4.87 Å². The van der Waals surface area contributed by atoms with Crippen molar-refractivity contribution in [1.29, 1.82) is 0 Å². The highest BCUT2D eigenvalue weighted by Gasteiger charge is 2.03. The van der Waals surface area contributed by atoms with E-state index in [4.69, 9.17) is 5.11 Å². The number of benzene rings is 2. The Balaban J connectivity index is 0.000000167. The number of rotatable bonds is 2. The van der Waals surface area contributed by atoms with Crippen LogP contribution in [0.15, 0.2) is 53.3 Å². The Bertz CT molecular complexity index is 881. The van der Waals surface area contributed by atoms with Gasteiger partial charge in [0, 0.05) is 26.8 Å². The van der Waals surface area contributed by atoms with E-state index in [1.54, 1.807) is 29.8 Å². The van der Waals surface area contributed by atoms with Crippen LogP contribution >= 0.6 is 11.3 Å². The standard InChI is InChI=1S/C9H11NO2.C8H7NOS/c1-10(2)8-5-3-4-7(6-8)9(11)12;1-9-6-4-2-3-5-7(6)11-8(9)10/h3-6H,1-2H3,(H,11,12);2-5H,1H3. The maximum atomic E-state index is 11.1. The van der Waals surface area contributed by atoms with Crippen molar-refractivity contribution in [3.8, 4) is 0 Å².